The predicted octanol–water partition coefficient (Wildman–Crippen LogP) is 2.06. The van der Waals surface area contributed by atoms with Crippen LogP contribution in [0.2, 0.25) is 0 Å². The summed E-state index contributed by atoms with van der Waals surface area (Å²) in [5.74, 6) is -0.364. The lowest BCUT2D eigenvalue weighted by Crippen LogP contribution is -2.49. The SMILES string of the molecule is CC(=O)c1c(C2CCN(C(=O)C(C)(CO)CO)CC2)nc2c(-c3cnn(-c4ccccc4)c3)cnn2c1N. The molecule has 38 heavy (non-hydrogen) atoms. The van der Waals surface area contributed by atoms with E-state index in [4.69, 9.17) is 10.7 Å². The molecule has 1 saturated heterocycles. The Hall–Kier alpha value is -4.09. The summed E-state index contributed by atoms with van der Waals surface area (Å²) in [4.78, 5) is 32.2. The number of nitrogens with two attached hydrogens (primary N) is 1. The Bertz CT molecular complexity index is 1480. The van der Waals surface area contributed by atoms with Gasteiger partial charge in [-0.1, -0.05) is 18.2 Å². The lowest BCUT2D eigenvalue weighted by Gasteiger charge is -2.37. The monoisotopic (exact) mass is 517 g/mol. The molecule has 4 heterocycles. The number of ketones is 1. The van der Waals surface area contributed by atoms with Crippen LogP contribution in [0.5, 0.6) is 0 Å². The van der Waals surface area contributed by atoms with Crippen LogP contribution in [0, 0.1) is 5.41 Å². The van der Waals surface area contributed by atoms with Crippen LogP contribution in [0.3, 0.4) is 0 Å². The van der Waals surface area contributed by atoms with Crippen molar-refractivity contribution in [2.24, 2.45) is 5.41 Å². The lowest BCUT2D eigenvalue weighted by molar-refractivity contribution is -0.147. The van der Waals surface area contributed by atoms with E-state index in [0.717, 1.165) is 16.8 Å². The molecule has 0 saturated carbocycles. The average Bonchev–Trinajstić information content (AvgIpc) is 3.60. The summed E-state index contributed by atoms with van der Waals surface area (Å²) in [6.07, 6.45) is 6.44. The Morgan fingerprint density at radius 3 is 2.39 bits per heavy atom. The van der Waals surface area contributed by atoms with Crippen molar-refractivity contribution in [1.82, 2.24) is 29.3 Å². The fourth-order valence-corrected chi connectivity index (χ4v) is 5.00. The highest BCUT2D eigenvalue weighted by atomic mass is 16.3. The first kappa shape index (κ1) is 25.6. The van der Waals surface area contributed by atoms with Gasteiger partial charge in [-0.15, -0.1) is 0 Å². The molecule has 4 N–H and O–H groups in total. The minimum atomic E-state index is -1.23. The molecular weight excluding hydrogens is 486 g/mol. The van der Waals surface area contributed by atoms with E-state index < -0.39 is 18.6 Å². The van der Waals surface area contributed by atoms with Gasteiger partial charge in [0.1, 0.15) is 5.82 Å². The zero-order chi connectivity index (χ0) is 27.0. The van der Waals surface area contributed by atoms with Crippen molar-refractivity contribution in [2.45, 2.75) is 32.6 Å². The third kappa shape index (κ3) is 4.33. The maximum absolute atomic E-state index is 12.9. The fraction of sp³-hybridized carbons (Fsp3) is 0.370. The van der Waals surface area contributed by atoms with E-state index in [1.807, 2.05) is 36.5 Å². The first-order valence-electron chi connectivity index (χ1n) is 12.6. The van der Waals surface area contributed by atoms with E-state index in [2.05, 4.69) is 10.2 Å². The minimum absolute atomic E-state index is 0.102. The number of benzene rings is 1. The van der Waals surface area contributed by atoms with Gasteiger partial charge in [-0.05, 0) is 38.8 Å². The Kier molecular flexibility index (Phi) is 6.72. The molecule has 0 spiro atoms. The molecule has 0 unspecified atom stereocenters. The van der Waals surface area contributed by atoms with E-state index in [9.17, 15) is 19.8 Å². The number of likely N-dealkylation sites (tertiary alicyclic amines) is 1. The lowest BCUT2D eigenvalue weighted by atomic mass is 9.86. The number of piperidine rings is 1. The second-order valence-electron chi connectivity index (χ2n) is 10.1. The molecule has 1 aromatic carbocycles. The van der Waals surface area contributed by atoms with Crippen molar-refractivity contribution in [1.29, 1.82) is 0 Å². The first-order chi connectivity index (χ1) is 18.3. The summed E-state index contributed by atoms with van der Waals surface area (Å²) in [6.45, 7) is 2.97. The Morgan fingerprint density at radius 2 is 1.76 bits per heavy atom. The second kappa shape index (κ2) is 9.99. The van der Waals surface area contributed by atoms with Gasteiger partial charge in [-0.25, -0.2) is 9.67 Å². The smallest absolute Gasteiger partial charge is 0.233 e. The van der Waals surface area contributed by atoms with Gasteiger partial charge in [0.25, 0.3) is 0 Å². The molecule has 11 heteroatoms. The van der Waals surface area contributed by atoms with Crippen molar-refractivity contribution in [2.75, 3.05) is 32.0 Å². The van der Waals surface area contributed by atoms with Crippen LogP contribution in [-0.2, 0) is 4.79 Å². The van der Waals surface area contributed by atoms with Gasteiger partial charge >= 0.3 is 0 Å². The Morgan fingerprint density at radius 1 is 1.08 bits per heavy atom. The summed E-state index contributed by atoms with van der Waals surface area (Å²) in [5.41, 5.74) is 9.19. The van der Waals surface area contributed by atoms with E-state index in [1.54, 1.807) is 28.9 Å². The Balaban J connectivity index is 1.49. The summed E-state index contributed by atoms with van der Waals surface area (Å²) in [5, 5.41) is 28.2. The standard InChI is InChI=1S/C27H31N7O4/c1-17(37)22-23(18-8-10-32(11-9-18)26(38)27(2,15-35)16-36)31-25-21(13-30-34(25)24(22)28)19-12-29-33(14-19)20-6-4-3-5-7-20/h3-7,12-14,18,35-36H,8-11,15-16,28H2,1-2H3. The highest BCUT2D eigenvalue weighted by Gasteiger charge is 2.38. The number of hydrogen-bond donors (Lipinski definition) is 3. The molecule has 4 aromatic rings. The van der Waals surface area contributed by atoms with Gasteiger partial charge in [0.2, 0.25) is 5.91 Å². The molecule has 1 aliphatic heterocycles. The number of anilines is 1. The molecule has 0 radical (unpaired) electrons. The average molecular weight is 518 g/mol. The van der Waals surface area contributed by atoms with Gasteiger partial charge in [0.05, 0.1) is 48.0 Å². The summed E-state index contributed by atoms with van der Waals surface area (Å²) >= 11 is 0. The number of nitrogens with zero attached hydrogens (tertiary/aromatic N) is 6. The number of nitrogen functional groups attached to an aromatic ring is 1. The van der Waals surface area contributed by atoms with Gasteiger partial charge in [0.15, 0.2) is 11.4 Å². The van der Waals surface area contributed by atoms with Crippen LogP contribution in [-0.4, -0.2) is 77.5 Å². The summed E-state index contributed by atoms with van der Waals surface area (Å²) < 4.78 is 3.26. The van der Waals surface area contributed by atoms with Gasteiger partial charge in [0, 0.05) is 36.3 Å². The van der Waals surface area contributed by atoms with Crippen molar-refractivity contribution < 1.29 is 19.8 Å². The van der Waals surface area contributed by atoms with Crippen LogP contribution in [0.4, 0.5) is 5.82 Å². The van der Waals surface area contributed by atoms with E-state index >= 15 is 0 Å². The third-order valence-electron chi connectivity index (χ3n) is 7.36. The third-order valence-corrected chi connectivity index (χ3v) is 7.36. The van der Waals surface area contributed by atoms with Crippen molar-refractivity contribution in [3.05, 3.63) is 60.2 Å². The van der Waals surface area contributed by atoms with Gasteiger partial charge in [-0.2, -0.15) is 14.7 Å². The molecule has 0 aliphatic carbocycles. The van der Waals surface area contributed by atoms with Gasteiger partial charge in [-0.3, -0.25) is 9.59 Å². The quantitative estimate of drug-likeness (QED) is 0.315. The van der Waals surface area contributed by atoms with Gasteiger partial charge < -0.3 is 20.8 Å². The number of aliphatic hydroxyl groups excluding tert-OH is 2. The molecule has 0 atom stereocenters. The number of rotatable bonds is 7. The molecule has 5 rings (SSSR count). The predicted molar refractivity (Wildman–Crippen MR) is 141 cm³/mol. The number of carbonyl (C=O) groups is 2. The summed E-state index contributed by atoms with van der Waals surface area (Å²) in [7, 11) is 0. The first-order valence-corrected chi connectivity index (χ1v) is 12.6. The summed E-state index contributed by atoms with van der Waals surface area (Å²) in [6, 6.07) is 9.74. The normalized spacial score (nSPS) is 14.8. The fourth-order valence-electron chi connectivity index (χ4n) is 5.00. The van der Waals surface area contributed by atoms with Crippen molar-refractivity contribution >= 4 is 23.2 Å². The van der Waals surface area contributed by atoms with Crippen molar-refractivity contribution in [3.8, 4) is 16.8 Å². The number of aliphatic hydroxyl groups is 2. The zero-order valence-electron chi connectivity index (χ0n) is 21.4. The minimum Gasteiger partial charge on any atom is -0.395 e. The topological polar surface area (TPSA) is 152 Å². The van der Waals surface area contributed by atoms with Crippen LogP contribution >= 0.6 is 0 Å². The van der Waals surface area contributed by atoms with Crippen LogP contribution in [0.15, 0.2) is 48.9 Å². The van der Waals surface area contributed by atoms with Crippen LogP contribution in [0.1, 0.15) is 48.7 Å². The molecule has 11 nitrogen and oxygen atoms in total. The molecule has 1 fully saturated rings. The van der Waals surface area contributed by atoms with E-state index in [-0.39, 0.29) is 23.4 Å². The molecule has 1 aliphatic rings. The molecular formula is C27H31N7O4. The van der Waals surface area contributed by atoms with Crippen LogP contribution in [0.25, 0.3) is 22.5 Å². The number of amides is 1. The van der Waals surface area contributed by atoms with E-state index in [0.29, 0.717) is 42.8 Å². The second-order valence-corrected chi connectivity index (χ2v) is 10.1. The number of carbonyl (C=O) groups excluding carboxylic acids is 2. The molecule has 1 amide bonds. The zero-order valence-corrected chi connectivity index (χ0v) is 21.4. The highest BCUT2D eigenvalue weighted by Crippen LogP contribution is 2.35. The van der Waals surface area contributed by atoms with Crippen LogP contribution < -0.4 is 5.73 Å². The molecule has 3 aromatic heterocycles. The number of aromatic nitrogens is 5. The Labute approximate surface area is 219 Å². The highest BCUT2D eigenvalue weighted by molar-refractivity contribution is 6.00. The number of para-hydroxylation sites is 1. The number of hydrogen-bond acceptors (Lipinski definition) is 8. The number of fused-ring (bicyclic) bond motifs is 1. The maximum Gasteiger partial charge on any atom is 0.233 e. The molecule has 198 valence electrons. The van der Waals surface area contributed by atoms with E-state index in [1.165, 1.54) is 11.4 Å². The largest absolute Gasteiger partial charge is 0.395 e. The molecule has 0 bridgehead atoms. The number of Topliss-reactive ketones (excluding diaryl/α,β-unsaturated/α-hetero) is 1. The van der Waals surface area contributed by atoms with Crippen molar-refractivity contribution in [3.63, 3.8) is 0 Å². The maximum atomic E-state index is 12.9.